The molecule has 0 unspecified atom stereocenters. The molecule has 4 nitrogen and oxygen atoms in total. The van der Waals surface area contributed by atoms with Gasteiger partial charge in [-0.3, -0.25) is 10.1 Å². The maximum Gasteiger partial charge on any atom is 0.0927 e. The molecule has 3 heterocycles. The molecule has 130 valence electrons. The van der Waals surface area contributed by atoms with Gasteiger partial charge in [-0.1, -0.05) is 36.4 Å². The number of rotatable bonds is 3. The van der Waals surface area contributed by atoms with Crippen LogP contribution in [0.3, 0.4) is 0 Å². The van der Waals surface area contributed by atoms with E-state index in [4.69, 9.17) is 0 Å². The largest absolute Gasteiger partial charge is 0.380 e. The van der Waals surface area contributed by atoms with E-state index in [2.05, 4.69) is 69.0 Å². The third-order valence-corrected chi connectivity index (χ3v) is 4.82. The Kier molecular flexibility index (Phi) is 3.79. The Morgan fingerprint density at radius 3 is 2.81 bits per heavy atom. The summed E-state index contributed by atoms with van der Waals surface area (Å²) < 4.78 is 0. The summed E-state index contributed by atoms with van der Waals surface area (Å²) in [6.45, 7) is 0.861. The van der Waals surface area contributed by atoms with Crippen molar-refractivity contribution < 1.29 is 0 Å². The van der Waals surface area contributed by atoms with Crippen LogP contribution in [0.15, 0.2) is 67.0 Å². The second-order valence-electron chi connectivity index (χ2n) is 6.60. The van der Waals surface area contributed by atoms with E-state index in [9.17, 15) is 0 Å². The second kappa shape index (κ2) is 6.57. The van der Waals surface area contributed by atoms with Crippen LogP contribution in [-0.2, 0) is 0 Å². The van der Waals surface area contributed by atoms with Crippen LogP contribution < -0.4 is 5.32 Å². The average Bonchev–Trinajstić information content (AvgIpc) is 3.31. The lowest BCUT2D eigenvalue weighted by atomic mass is 10.0. The topological polar surface area (TPSA) is 53.6 Å². The highest BCUT2D eigenvalue weighted by Crippen LogP contribution is 2.32. The van der Waals surface area contributed by atoms with Crippen LogP contribution in [0.5, 0.6) is 0 Å². The molecule has 0 spiro atoms. The summed E-state index contributed by atoms with van der Waals surface area (Å²) in [7, 11) is 0. The molecule has 0 saturated heterocycles. The first-order chi connectivity index (χ1) is 13.4. The van der Waals surface area contributed by atoms with E-state index >= 15 is 0 Å². The molecule has 4 heteroatoms. The van der Waals surface area contributed by atoms with E-state index < -0.39 is 0 Å². The van der Waals surface area contributed by atoms with E-state index in [1.54, 1.807) is 6.20 Å². The second-order valence-corrected chi connectivity index (χ2v) is 6.60. The first-order valence-corrected chi connectivity index (χ1v) is 8.97. The Morgan fingerprint density at radius 1 is 0.926 bits per heavy atom. The van der Waals surface area contributed by atoms with Gasteiger partial charge in [0.15, 0.2) is 0 Å². The van der Waals surface area contributed by atoms with Gasteiger partial charge in [0.2, 0.25) is 0 Å². The number of aromatic nitrogens is 3. The van der Waals surface area contributed by atoms with Crippen LogP contribution in [0.2, 0.25) is 0 Å². The minimum absolute atomic E-state index is 0.861. The SMILES string of the molecule is C(=C\c1n[nH]c2cc(/C=C3/CNc4ccccc43)ccc12)/c1cccnc1. The number of fused-ring (bicyclic) bond motifs is 2. The Morgan fingerprint density at radius 2 is 1.89 bits per heavy atom. The molecule has 2 aromatic carbocycles. The van der Waals surface area contributed by atoms with Crippen LogP contribution in [0.1, 0.15) is 22.4 Å². The number of anilines is 1. The predicted molar refractivity (Wildman–Crippen MR) is 112 cm³/mol. The zero-order chi connectivity index (χ0) is 18.1. The van der Waals surface area contributed by atoms with Crippen LogP contribution in [-0.4, -0.2) is 21.7 Å². The maximum absolute atomic E-state index is 4.45. The molecule has 2 aromatic heterocycles. The summed E-state index contributed by atoms with van der Waals surface area (Å²) in [6.07, 6.45) is 9.90. The maximum atomic E-state index is 4.45. The van der Waals surface area contributed by atoms with E-state index in [0.29, 0.717) is 0 Å². The molecule has 2 N–H and O–H groups in total. The number of aromatic amines is 1. The molecule has 5 rings (SSSR count). The van der Waals surface area contributed by atoms with E-state index in [1.807, 2.05) is 30.5 Å². The van der Waals surface area contributed by atoms with Crippen molar-refractivity contribution in [1.82, 2.24) is 15.2 Å². The normalized spacial score (nSPS) is 14.7. The fourth-order valence-corrected chi connectivity index (χ4v) is 3.46. The third kappa shape index (κ3) is 3.02. The summed E-state index contributed by atoms with van der Waals surface area (Å²) in [5.74, 6) is 0. The lowest BCUT2D eigenvalue weighted by molar-refractivity contribution is 1.11. The van der Waals surface area contributed by atoms with Gasteiger partial charge >= 0.3 is 0 Å². The quantitative estimate of drug-likeness (QED) is 0.541. The van der Waals surface area contributed by atoms with Gasteiger partial charge in [0.1, 0.15) is 0 Å². The fourth-order valence-electron chi connectivity index (χ4n) is 3.46. The van der Waals surface area contributed by atoms with Crippen LogP contribution >= 0.6 is 0 Å². The van der Waals surface area contributed by atoms with E-state index in [1.165, 1.54) is 22.4 Å². The number of nitrogens with one attached hydrogen (secondary N) is 2. The predicted octanol–water partition coefficient (Wildman–Crippen LogP) is 5.09. The van der Waals surface area contributed by atoms with Gasteiger partial charge in [0, 0.05) is 35.6 Å². The molecule has 4 aromatic rings. The van der Waals surface area contributed by atoms with Crippen LogP contribution in [0.4, 0.5) is 5.69 Å². The molecule has 0 atom stereocenters. The lowest BCUT2D eigenvalue weighted by Gasteiger charge is -2.00. The number of benzene rings is 2. The van der Waals surface area contributed by atoms with E-state index in [-0.39, 0.29) is 0 Å². The highest BCUT2D eigenvalue weighted by Gasteiger charge is 2.14. The van der Waals surface area contributed by atoms with Gasteiger partial charge in [-0.2, -0.15) is 5.10 Å². The summed E-state index contributed by atoms with van der Waals surface area (Å²) in [6, 6.07) is 18.8. The van der Waals surface area contributed by atoms with Crippen molar-refractivity contribution in [3.63, 3.8) is 0 Å². The van der Waals surface area contributed by atoms with Crippen LogP contribution in [0.25, 0.3) is 34.7 Å². The molecule has 0 bridgehead atoms. The van der Waals surface area contributed by atoms with Gasteiger partial charge in [0.05, 0.1) is 11.2 Å². The summed E-state index contributed by atoms with van der Waals surface area (Å²) in [5.41, 5.74) is 7.98. The number of para-hydroxylation sites is 1. The number of hydrogen-bond donors (Lipinski definition) is 2. The van der Waals surface area contributed by atoms with E-state index in [0.717, 1.165) is 28.7 Å². The Labute approximate surface area is 157 Å². The molecule has 0 aliphatic carbocycles. The molecule has 0 radical (unpaired) electrons. The van der Waals surface area contributed by atoms with Crippen molar-refractivity contribution in [2.75, 3.05) is 11.9 Å². The van der Waals surface area contributed by atoms with Crippen LogP contribution in [0, 0.1) is 0 Å². The van der Waals surface area contributed by atoms with Gasteiger partial charge in [-0.05, 0) is 53.1 Å². The standard InChI is InChI=1S/C23H18N4/c1-2-6-21-19(5-1)18(15-25-21)12-17-7-9-20-22(26-27-23(20)13-17)10-8-16-4-3-11-24-14-16/h1-14,25H,15H2,(H,26,27)/b10-8+,18-12-. The van der Waals surface area contributed by atoms with Crippen molar-refractivity contribution in [2.24, 2.45) is 0 Å². The molecule has 0 amide bonds. The van der Waals surface area contributed by atoms with Gasteiger partial charge < -0.3 is 5.32 Å². The van der Waals surface area contributed by atoms with Crippen molar-refractivity contribution in [1.29, 1.82) is 0 Å². The van der Waals surface area contributed by atoms with Crippen molar-refractivity contribution in [3.8, 4) is 0 Å². The van der Waals surface area contributed by atoms with Gasteiger partial charge in [-0.25, -0.2) is 0 Å². The first kappa shape index (κ1) is 15.6. The van der Waals surface area contributed by atoms with Gasteiger partial charge in [0.25, 0.3) is 0 Å². The third-order valence-electron chi connectivity index (χ3n) is 4.82. The van der Waals surface area contributed by atoms with Crippen molar-refractivity contribution in [2.45, 2.75) is 0 Å². The monoisotopic (exact) mass is 350 g/mol. The lowest BCUT2D eigenvalue weighted by Crippen LogP contribution is -1.91. The summed E-state index contributed by atoms with van der Waals surface area (Å²) >= 11 is 0. The smallest absolute Gasteiger partial charge is 0.0927 e. The first-order valence-electron chi connectivity index (χ1n) is 8.97. The highest BCUT2D eigenvalue weighted by atomic mass is 15.1. The molecule has 0 saturated carbocycles. The Bertz CT molecular complexity index is 1170. The molecule has 27 heavy (non-hydrogen) atoms. The summed E-state index contributed by atoms with van der Waals surface area (Å²) in [4.78, 5) is 4.13. The zero-order valence-electron chi connectivity index (χ0n) is 14.7. The molecule has 1 aliphatic rings. The number of nitrogens with zero attached hydrogens (tertiary/aromatic N) is 2. The average molecular weight is 350 g/mol. The Balaban J connectivity index is 1.46. The van der Waals surface area contributed by atoms with Gasteiger partial charge in [-0.15, -0.1) is 0 Å². The molecular weight excluding hydrogens is 332 g/mol. The number of hydrogen-bond acceptors (Lipinski definition) is 3. The van der Waals surface area contributed by atoms with Crippen molar-refractivity contribution in [3.05, 3.63) is 89.4 Å². The Hall–Kier alpha value is -3.66. The molecule has 1 aliphatic heterocycles. The molecular formula is C23H18N4. The zero-order valence-corrected chi connectivity index (χ0v) is 14.7. The molecule has 0 fully saturated rings. The fraction of sp³-hybridized carbons (Fsp3) is 0.0435. The number of H-pyrrole nitrogens is 1. The minimum Gasteiger partial charge on any atom is -0.380 e. The van der Waals surface area contributed by atoms with Crippen molar-refractivity contribution >= 4 is 40.4 Å². The summed E-state index contributed by atoms with van der Waals surface area (Å²) in [5, 5.41) is 12.2. The minimum atomic E-state index is 0.861. The number of pyridine rings is 1. The highest BCUT2D eigenvalue weighted by molar-refractivity contribution is 5.95.